The molecular weight excluding hydrogens is 1040 g/mol. The van der Waals surface area contributed by atoms with Crippen LogP contribution in [0.4, 0.5) is 0 Å². The Kier molecular flexibility index (Phi) is 55.1. The largest absolute Gasteiger partial charge is 0.454 e. The van der Waals surface area contributed by atoms with Gasteiger partial charge in [0.15, 0.2) is 12.4 Å². The van der Waals surface area contributed by atoms with Crippen molar-refractivity contribution in [2.45, 2.75) is 333 Å². The molecule has 0 aromatic carbocycles. The Morgan fingerprint density at radius 3 is 1.33 bits per heavy atom. The van der Waals surface area contributed by atoms with E-state index in [4.69, 9.17) is 14.2 Å². The third-order valence-corrected chi connectivity index (χ3v) is 15.5. The molecule has 11 heteroatoms. The van der Waals surface area contributed by atoms with Crippen molar-refractivity contribution in [2.24, 2.45) is 0 Å². The Morgan fingerprint density at radius 2 is 0.867 bits per heavy atom. The number of esters is 1. The van der Waals surface area contributed by atoms with Gasteiger partial charge in [-0.1, -0.05) is 272 Å². The number of unbranched alkanes of at least 4 members (excludes halogenated alkanes) is 29. The summed E-state index contributed by atoms with van der Waals surface area (Å²) in [4.78, 5) is 26.6. The molecule has 0 aliphatic carbocycles. The monoisotopic (exact) mass is 1160 g/mol. The molecule has 1 rings (SSSR count). The molecule has 0 spiro atoms. The molecule has 0 aromatic heterocycles. The minimum absolute atomic E-state index is 0.111. The van der Waals surface area contributed by atoms with E-state index < -0.39 is 67.4 Å². The Balaban J connectivity index is 2.62. The van der Waals surface area contributed by atoms with Crippen molar-refractivity contribution in [2.75, 3.05) is 13.2 Å². The Hall–Kier alpha value is -3.42. The molecule has 8 atom stereocenters. The van der Waals surface area contributed by atoms with Crippen molar-refractivity contribution in [3.8, 4) is 0 Å². The molecule has 1 amide bonds. The lowest BCUT2D eigenvalue weighted by Gasteiger charge is -2.41. The fourth-order valence-corrected chi connectivity index (χ4v) is 10.1. The summed E-state index contributed by atoms with van der Waals surface area (Å²) in [5.41, 5.74) is 0. The first-order valence-corrected chi connectivity index (χ1v) is 34.0. The van der Waals surface area contributed by atoms with Gasteiger partial charge in [0.2, 0.25) is 5.91 Å². The molecule has 1 heterocycles. The molecule has 83 heavy (non-hydrogen) atoms. The molecule has 478 valence electrons. The van der Waals surface area contributed by atoms with Crippen LogP contribution >= 0.6 is 0 Å². The number of ether oxygens (including phenoxy) is 3. The predicted octanol–water partition coefficient (Wildman–Crippen LogP) is 17.1. The van der Waals surface area contributed by atoms with Crippen LogP contribution in [0.1, 0.15) is 284 Å². The molecule has 0 bridgehead atoms. The topological polar surface area (TPSA) is 175 Å². The zero-order valence-corrected chi connectivity index (χ0v) is 53.0. The first-order valence-electron chi connectivity index (χ1n) is 34.0. The van der Waals surface area contributed by atoms with Gasteiger partial charge < -0.3 is 45.1 Å². The van der Waals surface area contributed by atoms with Crippen LogP contribution in [-0.4, -0.2) is 99.6 Å². The molecule has 0 aromatic rings. The summed E-state index contributed by atoms with van der Waals surface area (Å²) < 4.78 is 17.7. The smallest absolute Gasteiger partial charge is 0.306 e. The van der Waals surface area contributed by atoms with E-state index >= 15 is 0 Å². The van der Waals surface area contributed by atoms with Crippen LogP contribution in [0.3, 0.4) is 0 Å². The van der Waals surface area contributed by atoms with E-state index in [0.717, 1.165) is 128 Å². The number of hydrogen-bond donors (Lipinski definition) is 6. The first-order chi connectivity index (χ1) is 40.7. The highest BCUT2D eigenvalue weighted by Gasteiger charge is 2.47. The van der Waals surface area contributed by atoms with Crippen molar-refractivity contribution < 1.29 is 49.3 Å². The minimum Gasteiger partial charge on any atom is -0.454 e. The van der Waals surface area contributed by atoms with Crippen molar-refractivity contribution in [3.05, 3.63) is 97.2 Å². The molecule has 1 fully saturated rings. The highest BCUT2D eigenvalue weighted by molar-refractivity contribution is 5.80. The van der Waals surface area contributed by atoms with Gasteiger partial charge in [-0.2, -0.15) is 0 Å². The standard InChI is InChI=1S/C72H125NO10/c1-4-7-10-13-16-19-22-25-27-29-30-31-32-33-34-35-36-37-39-42-45-48-51-54-57-60-67(77)83-70-69(79)68(78)66(61-74)82-72(70)81-62-63(64(75)58-55-52-49-46-43-40-24-21-18-15-12-9-6-3)73-71(80)65(76)59-56-53-50-47-44-41-38-28-26-23-20-17-14-11-8-5-2/h7,10,16-17,19-20,25-28,30-31,33-34,55,58,63-66,68-70,72,74-76,78-79H,4-6,8-9,11-15,18,21-24,29,32,35-54,56-57,59-62H2,1-3H3,(H,73,80)/b10-7-,19-16-,20-17-,27-25-,28-26-,31-30-,34-33-,58-55+. The summed E-state index contributed by atoms with van der Waals surface area (Å²) >= 11 is 0. The van der Waals surface area contributed by atoms with Crippen molar-refractivity contribution in [1.82, 2.24) is 5.32 Å². The fourth-order valence-electron chi connectivity index (χ4n) is 10.1. The molecule has 0 radical (unpaired) electrons. The molecule has 6 N–H and O–H groups in total. The molecular formula is C72H125NO10. The van der Waals surface area contributed by atoms with E-state index in [2.05, 4.69) is 111 Å². The summed E-state index contributed by atoms with van der Waals surface area (Å²) in [6, 6.07) is -1.03. The van der Waals surface area contributed by atoms with Crippen LogP contribution < -0.4 is 5.32 Å². The highest BCUT2D eigenvalue weighted by atomic mass is 16.7. The number of rotatable bonds is 57. The Morgan fingerprint density at radius 1 is 0.482 bits per heavy atom. The van der Waals surface area contributed by atoms with Gasteiger partial charge in [-0.05, 0) is 103 Å². The zero-order chi connectivity index (χ0) is 60.3. The average molecular weight is 1160 g/mol. The summed E-state index contributed by atoms with van der Waals surface area (Å²) in [5, 5.41) is 57.2. The maximum atomic E-state index is 13.5. The zero-order valence-electron chi connectivity index (χ0n) is 53.0. The van der Waals surface area contributed by atoms with E-state index in [1.807, 2.05) is 6.08 Å². The number of allylic oxidation sites excluding steroid dienone is 15. The molecule has 8 unspecified atom stereocenters. The highest BCUT2D eigenvalue weighted by Crippen LogP contribution is 2.26. The van der Waals surface area contributed by atoms with Crippen LogP contribution in [-0.2, 0) is 23.8 Å². The number of hydrogen-bond acceptors (Lipinski definition) is 10. The van der Waals surface area contributed by atoms with Crippen LogP contribution in [0, 0.1) is 0 Å². The molecule has 1 aliphatic heterocycles. The molecule has 1 aliphatic rings. The van der Waals surface area contributed by atoms with Crippen molar-refractivity contribution in [3.63, 3.8) is 0 Å². The lowest BCUT2D eigenvalue weighted by molar-refractivity contribution is -0.305. The van der Waals surface area contributed by atoms with Gasteiger partial charge >= 0.3 is 5.97 Å². The third-order valence-electron chi connectivity index (χ3n) is 15.5. The van der Waals surface area contributed by atoms with Crippen LogP contribution in [0.15, 0.2) is 97.2 Å². The molecule has 0 saturated carbocycles. The number of amides is 1. The van der Waals surface area contributed by atoms with Gasteiger partial charge in [-0.3, -0.25) is 9.59 Å². The quantitative estimate of drug-likeness (QED) is 0.0195. The fraction of sp³-hybridized carbons (Fsp3) is 0.750. The average Bonchev–Trinajstić information content (AvgIpc) is 3.58. The van der Waals surface area contributed by atoms with E-state index in [-0.39, 0.29) is 19.4 Å². The van der Waals surface area contributed by atoms with Gasteiger partial charge in [0.25, 0.3) is 0 Å². The number of nitrogens with one attached hydrogen (secondary N) is 1. The lowest BCUT2D eigenvalue weighted by atomic mass is 9.99. The maximum Gasteiger partial charge on any atom is 0.306 e. The van der Waals surface area contributed by atoms with E-state index in [9.17, 15) is 35.1 Å². The van der Waals surface area contributed by atoms with E-state index in [1.165, 1.54) is 109 Å². The molecule has 1 saturated heterocycles. The summed E-state index contributed by atoms with van der Waals surface area (Å²) in [5.74, 6) is -1.21. The number of aliphatic hydroxyl groups is 5. The summed E-state index contributed by atoms with van der Waals surface area (Å²) in [6.45, 7) is 5.66. The van der Waals surface area contributed by atoms with Gasteiger partial charge in [-0.25, -0.2) is 0 Å². The van der Waals surface area contributed by atoms with Crippen LogP contribution in [0.25, 0.3) is 0 Å². The second-order valence-corrected chi connectivity index (χ2v) is 23.2. The number of carbonyl (C=O) groups is 2. The van der Waals surface area contributed by atoms with E-state index in [1.54, 1.807) is 6.08 Å². The van der Waals surface area contributed by atoms with Gasteiger partial charge in [0, 0.05) is 6.42 Å². The van der Waals surface area contributed by atoms with E-state index in [0.29, 0.717) is 12.8 Å². The molecule has 11 nitrogen and oxygen atoms in total. The third kappa shape index (κ3) is 46.5. The number of carbonyl (C=O) groups excluding carboxylic acids is 2. The van der Waals surface area contributed by atoms with Crippen molar-refractivity contribution >= 4 is 11.9 Å². The minimum atomic E-state index is -1.62. The van der Waals surface area contributed by atoms with Gasteiger partial charge in [0.1, 0.15) is 24.4 Å². The van der Waals surface area contributed by atoms with Crippen LogP contribution in [0.5, 0.6) is 0 Å². The SMILES string of the molecule is CC/C=C\C/C=C\C/C=C\C/C=C\C/C=C\CCCCCCCCCCCC(=O)OC1C(OCC(NC(=O)C(O)CCCCCCCC/C=C\C/C=C\CCCCC)C(O)/C=C/CCCCCCCCCCCCC)OC(CO)C(O)C1O. The second-order valence-electron chi connectivity index (χ2n) is 23.2. The summed E-state index contributed by atoms with van der Waals surface area (Å²) in [6.07, 6.45) is 68.6. The van der Waals surface area contributed by atoms with Crippen molar-refractivity contribution in [1.29, 1.82) is 0 Å². The first kappa shape index (κ1) is 77.6. The van der Waals surface area contributed by atoms with Gasteiger partial charge in [-0.15, -0.1) is 0 Å². The Labute approximate surface area is 507 Å². The van der Waals surface area contributed by atoms with Crippen LogP contribution in [0.2, 0.25) is 0 Å². The Bertz CT molecular complexity index is 1720. The normalized spacial score (nSPS) is 19.2. The van der Waals surface area contributed by atoms with Gasteiger partial charge in [0.05, 0.1) is 25.4 Å². The summed E-state index contributed by atoms with van der Waals surface area (Å²) in [7, 11) is 0. The number of aliphatic hydroxyl groups excluding tert-OH is 5. The lowest BCUT2D eigenvalue weighted by Crippen LogP contribution is -2.61. The maximum absolute atomic E-state index is 13.5. The second kappa shape index (κ2) is 58.9. The predicted molar refractivity (Wildman–Crippen MR) is 347 cm³/mol.